The summed E-state index contributed by atoms with van der Waals surface area (Å²) in [6, 6.07) is 9.75. The third-order valence-corrected chi connectivity index (χ3v) is 3.09. The van der Waals surface area contributed by atoms with E-state index >= 15 is 0 Å². The van der Waals surface area contributed by atoms with E-state index in [9.17, 15) is 4.79 Å². The maximum atomic E-state index is 11.3. The quantitative estimate of drug-likeness (QED) is 0.715. The summed E-state index contributed by atoms with van der Waals surface area (Å²) in [5, 5.41) is 4.40. The molecule has 102 valence electrons. The molecule has 0 aliphatic heterocycles. The molecule has 0 aliphatic rings. The number of furan rings is 1. The first-order chi connectivity index (χ1) is 9.76. The van der Waals surface area contributed by atoms with E-state index in [1.807, 2.05) is 24.4 Å². The Kier molecular flexibility index (Phi) is 3.16. The number of ether oxygens (including phenoxy) is 1. The maximum absolute atomic E-state index is 11.3. The first kappa shape index (κ1) is 12.3. The number of carbonyl (C=O) groups excluding carboxylic acids is 1. The van der Waals surface area contributed by atoms with Crippen molar-refractivity contribution in [2.24, 2.45) is 0 Å². The van der Waals surface area contributed by atoms with E-state index in [0.29, 0.717) is 17.9 Å². The number of H-pyrrole nitrogens is 1. The zero-order valence-electron chi connectivity index (χ0n) is 11.0. The van der Waals surface area contributed by atoms with E-state index in [4.69, 9.17) is 4.42 Å². The summed E-state index contributed by atoms with van der Waals surface area (Å²) in [6.07, 6.45) is 3.31. The van der Waals surface area contributed by atoms with E-state index in [1.54, 1.807) is 6.07 Å². The molecule has 0 fully saturated rings. The highest BCUT2D eigenvalue weighted by atomic mass is 16.5. The number of benzene rings is 1. The van der Waals surface area contributed by atoms with Gasteiger partial charge < -0.3 is 19.5 Å². The van der Waals surface area contributed by atoms with Crippen LogP contribution in [0, 0.1) is 0 Å². The van der Waals surface area contributed by atoms with E-state index in [1.165, 1.54) is 13.4 Å². The third kappa shape index (κ3) is 2.38. The molecule has 3 rings (SSSR count). The zero-order chi connectivity index (χ0) is 13.9. The minimum absolute atomic E-state index is 0.395. The van der Waals surface area contributed by atoms with Crippen molar-refractivity contribution in [3.63, 3.8) is 0 Å². The Labute approximate surface area is 115 Å². The molecule has 0 atom stereocenters. The summed E-state index contributed by atoms with van der Waals surface area (Å²) in [7, 11) is 1.35. The predicted octanol–water partition coefficient (Wildman–Crippen LogP) is 3.16. The van der Waals surface area contributed by atoms with Gasteiger partial charge in [0.1, 0.15) is 12.0 Å². The van der Waals surface area contributed by atoms with Crippen molar-refractivity contribution in [3.8, 4) is 0 Å². The lowest BCUT2D eigenvalue weighted by atomic mass is 10.2. The number of aromatic amines is 1. The molecule has 2 N–H and O–H groups in total. The minimum atomic E-state index is -0.395. The van der Waals surface area contributed by atoms with Crippen molar-refractivity contribution in [1.29, 1.82) is 0 Å². The van der Waals surface area contributed by atoms with Crippen molar-refractivity contribution in [2.45, 2.75) is 6.54 Å². The summed E-state index contributed by atoms with van der Waals surface area (Å²) in [4.78, 5) is 14.5. The Bertz CT molecular complexity index is 742. The smallest absolute Gasteiger partial charge is 0.341 e. The van der Waals surface area contributed by atoms with Gasteiger partial charge in [-0.05, 0) is 30.3 Å². The molecule has 0 saturated carbocycles. The molecule has 3 aromatic rings. The maximum Gasteiger partial charge on any atom is 0.341 e. The van der Waals surface area contributed by atoms with Crippen molar-refractivity contribution in [3.05, 3.63) is 54.1 Å². The number of anilines is 1. The Hall–Kier alpha value is -2.69. The molecule has 0 amide bonds. The number of methoxy groups -OCH3 is 1. The molecule has 0 radical (unpaired) electrons. The molecular weight excluding hydrogens is 256 g/mol. The first-order valence-electron chi connectivity index (χ1n) is 6.23. The lowest BCUT2D eigenvalue weighted by Crippen LogP contribution is -2.00. The number of hydrogen-bond acceptors (Lipinski definition) is 4. The monoisotopic (exact) mass is 270 g/mol. The topological polar surface area (TPSA) is 67.3 Å². The van der Waals surface area contributed by atoms with Gasteiger partial charge in [0.05, 0.1) is 19.2 Å². The number of rotatable bonds is 4. The summed E-state index contributed by atoms with van der Waals surface area (Å²) in [5.74, 6) is 0.285. The number of aromatic nitrogens is 1. The number of nitrogens with one attached hydrogen (secondary N) is 2. The van der Waals surface area contributed by atoms with Crippen molar-refractivity contribution in [2.75, 3.05) is 12.4 Å². The number of hydrogen-bond donors (Lipinski definition) is 2. The molecular formula is C15H14N2O3. The molecule has 0 bridgehead atoms. The molecule has 1 aromatic carbocycles. The van der Waals surface area contributed by atoms with Gasteiger partial charge in [-0.3, -0.25) is 0 Å². The van der Waals surface area contributed by atoms with Gasteiger partial charge in [-0.1, -0.05) is 0 Å². The van der Waals surface area contributed by atoms with Crippen molar-refractivity contribution >= 4 is 22.6 Å². The van der Waals surface area contributed by atoms with Crippen LogP contribution in [0.3, 0.4) is 0 Å². The van der Waals surface area contributed by atoms with E-state index in [-0.39, 0.29) is 0 Å². The van der Waals surface area contributed by atoms with Crippen LogP contribution < -0.4 is 5.32 Å². The average molecular weight is 270 g/mol. The minimum Gasteiger partial charge on any atom is -0.467 e. The fourth-order valence-corrected chi connectivity index (χ4v) is 2.05. The second-order valence-corrected chi connectivity index (χ2v) is 4.43. The second-order valence-electron chi connectivity index (χ2n) is 4.43. The van der Waals surface area contributed by atoms with Crippen LogP contribution in [0.25, 0.3) is 10.9 Å². The van der Waals surface area contributed by atoms with Gasteiger partial charge >= 0.3 is 5.97 Å². The molecule has 2 heterocycles. The lowest BCUT2D eigenvalue weighted by Gasteiger charge is -2.04. The molecule has 20 heavy (non-hydrogen) atoms. The highest BCUT2D eigenvalue weighted by Crippen LogP contribution is 2.19. The van der Waals surface area contributed by atoms with Gasteiger partial charge in [0.15, 0.2) is 0 Å². The second kappa shape index (κ2) is 5.13. The van der Waals surface area contributed by atoms with Crippen LogP contribution in [-0.4, -0.2) is 18.1 Å². The lowest BCUT2D eigenvalue weighted by molar-refractivity contribution is 0.0600. The van der Waals surface area contributed by atoms with E-state index < -0.39 is 5.97 Å². The van der Waals surface area contributed by atoms with Crippen LogP contribution in [0.5, 0.6) is 0 Å². The SMILES string of the molecule is COC(=O)c1coc(CNc2ccc3[nH]ccc3c2)c1. The van der Waals surface area contributed by atoms with Crippen LogP contribution in [0.4, 0.5) is 5.69 Å². The molecule has 0 aliphatic carbocycles. The van der Waals surface area contributed by atoms with Crippen LogP contribution in [0.1, 0.15) is 16.1 Å². The average Bonchev–Trinajstić information content (AvgIpc) is 3.12. The number of esters is 1. The molecule has 0 unspecified atom stereocenters. The molecule has 5 heteroatoms. The summed E-state index contributed by atoms with van der Waals surface area (Å²) >= 11 is 0. The van der Waals surface area contributed by atoms with Gasteiger partial charge in [0, 0.05) is 22.8 Å². The van der Waals surface area contributed by atoms with Gasteiger partial charge in [0.2, 0.25) is 0 Å². The predicted molar refractivity (Wildman–Crippen MR) is 75.7 cm³/mol. The van der Waals surface area contributed by atoms with Gasteiger partial charge in [-0.2, -0.15) is 0 Å². The van der Waals surface area contributed by atoms with Gasteiger partial charge in [0.25, 0.3) is 0 Å². The van der Waals surface area contributed by atoms with Crippen molar-refractivity contribution in [1.82, 2.24) is 4.98 Å². The third-order valence-electron chi connectivity index (χ3n) is 3.09. The van der Waals surface area contributed by atoms with Crippen LogP contribution >= 0.6 is 0 Å². The Morgan fingerprint density at radius 3 is 3.10 bits per heavy atom. The van der Waals surface area contributed by atoms with E-state index in [2.05, 4.69) is 21.1 Å². The molecule has 0 spiro atoms. The fraction of sp³-hybridized carbons (Fsp3) is 0.133. The van der Waals surface area contributed by atoms with Crippen molar-refractivity contribution < 1.29 is 13.9 Å². The van der Waals surface area contributed by atoms with E-state index in [0.717, 1.165) is 16.6 Å². The Balaban J connectivity index is 1.69. The Morgan fingerprint density at radius 1 is 1.35 bits per heavy atom. The normalized spacial score (nSPS) is 10.7. The van der Waals surface area contributed by atoms with Gasteiger partial charge in [-0.25, -0.2) is 4.79 Å². The molecule has 5 nitrogen and oxygen atoms in total. The Morgan fingerprint density at radius 2 is 2.25 bits per heavy atom. The van der Waals surface area contributed by atoms with Gasteiger partial charge in [-0.15, -0.1) is 0 Å². The molecule has 0 saturated heterocycles. The largest absolute Gasteiger partial charge is 0.467 e. The summed E-state index contributed by atoms with van der Waals surface area (Å²) in [6.45, 7) is 0.507. The fourth-order valence-electron chi connectivity index (χ4n) is 2.05. The first-order valence-corrected chi connectivity index (χ1v) is 6.23. The van der Waals surface area contributed by atoms with Crippen LogP contribution in [0.2, 0.25) is 0 Å². The molecule has 2 aromatic heterocycles. The van der Waals surface area contributed by atoms with Crippen LogP contribution in [-0.2, 0) is 11.3 Å². The summed E-state index contributed by atoms with van der Waals surface area (Å²) in [5.41, 5.74) is 2.51. The highest BCUT2D eigenvalue weighted by molar-refractivity contribution is 5.89. The number of fused-ring (bicyclic) bond motifs is 1. The number of carbonyl (C=O) groups is 1. The van der Waals surface area contributed by atoms with Crippen LogP contribution in [0.15, 0.2) is 47.2 Å². The summed E-state index contributed by atoms with van der Waals surface area (Å²) < 4.78 is 9.94. The zero-order valence-corrected chi connectivity index (χ0v) is 11.0. The highest BCUT2D eigenvalue weighted by Gasteiger charge is 2.09. The standard InChI is InChI=1S/C15H14N2O3/c1-19-15(18)11-7-13(20-9-11)8-17-12-2-3-14-10(6-12)4-5-16-14/h2-7,9,16-17H,8H2,1H3.